The molecule has 1 aliphatic rings. The summed E-state index contributed by atoms with van der Waals surface area (Å²) in [6, 6.07) is 8.09. The molecule has 0 amide bonds. The van der Waals surface area contributed by atoms with E-state index in [9.17, 15) is 0 Å². The van der Waals surface area contributed by atoms with Gasteiger partial charge in [-0.25, -0.2) is 0 Å². The molecule has 1 aromatic rings. The molecular weight excluding hydrogens is 242 g/mol. The van der Waals surface area contributed by atoms with Gasteiger partial charge in [-0.3, -0.25) is 0 Å². The van der Waals surface area contributed by atoms with Crippen molar-refractivity contribution in [1.29, 1.82) is 0 Å². The van der Waals surface area contributed by atoms with Crippen molar-refractivity contribution in [3.05, 3.63) is 29.8 Å². The average Bonchev–Trinajstić information content (AvgIpc) is 2.42. The van der Waals surface area contributed by atoms with E-state index < -0.39 is 0 Å². The normalized spacial score (nSPS) is 21.8. The largest absolute Gasteiger partial charge is 0.491 e. The van der Waals surface area contributed by atoms with Crippen LogP contribution in [0.1, 0.15) is 18.4 Å². The Bertz CT molecular complexity index is 397. The predicted octanol–water partition coefficient (Wildman–Crippen LogP) is 1.76. The molecule has 0 spiro atoms. The molecule has 4 nitrogen and oxygen atoms in total. The summed E-state index contributed by atoms with van der Waals surface area (Å²) in [6.45, 7) is 2.70. The topological polar surface area (TPSA) is 53.7 Å². The fraction of sp³-hybridized carbons (Fsp3) is 0.600. The lowest BCUT2D eigenvalue weighted by atomic mass is 9.87. The Balaban J connectivity index is 1.75. The number of benzene rings is 1. The fourth-order valence-electron chi connectivity index (χ4n) is 2.29. The summed E-state index contributed by atoms with van der Waals surface area (Å²) in [5.41, 5.74) is 7.27. The van der Waals surface area contributed by atoms with Crippen molar-refractivity contribution in [3.8, 4) is 5.75 Å². The molecule has 1 atom stereocenters. The minimum absolute atomic E-state index is 0.310. The van der Waals surface area contributed by atoms with Crippen molar-refractivity contribution in [1.82, 2.24) is 0 Å². The highest BCUT2D eigenvalue weighted by Gasteiger charge is 2.31. The minimum atomic E-state index is -0.310. The third kappa shape index (κ3) is 4.20. The van der Waals surface area contributed by atoms with Crippen LogP contribution in [0.2, 0.25) is 0 Å². The van der Waals surface area contributed by atoms with Crippen LogP contribution < -0.4 is 10.5 Å². The van der Waals surface area contributed by atoms with Gasteiger partial charge in [0.15, 0.2) is 0 Å². The predicted molar refractivity (Wildman–Crippen MR) is 74.5 cm³/mol. The van der Waals surface area contributed by atoms with Crippen molar-refractivity contribution < 1.29 is 14.2 Å². The van der Waals surface area contributed by atoms with Crippen molar-refractivity contribution in [3.63, 3.8) is 0 Å². The number of methoxy groups -OCH3 is 1. The summed E-state index contributed by atoms with van der Waals surface area (Å²) in [7, 11) is 1.70. The molecule has 0 radical (unpaired) electrons. The van der Waals surface area contributed by atoms with Crippen molar-refractivity contribution in [2.45, 2.75) is 24.8 Å². The number of fused-ring (bicyclic) bond motifs is 1. The first-order valence-corrected chi connectivity index (χ1v) is 6.80. The number of nitrogens with two attached hydrogens (primary N) is 1. The van der Waals surface area contributed by atoms with E-state index >= 15 is 0 Å². The summed E-state index contributed by atoms with van der Waals surface area (Å²) in [5.74, 6) is 0.963. The zero-order chi connectivity index (χ0) is 13.6. The first-order chi connectivity index (χ1) is 9.23. The van der Waals surface area contributed by atoms with Crippen LogP contribution in [-0.2, 0) is 15.9 Å². The highest BCUT2D eigenvalue weighted by atomic mass is 16.5. The molecule has 1 heterocycles. The van der Waals surface area contributed by atoms with Crippen LogP contribution in [0.5, 0.6) is 5.75 Å². The molecule has 0 saturated heterocycles. The van der Waals surface area contributed by atoms with Crippen LogP contribution in [0.4, 0.5) is 0 Å². The Morgan fingerprint density at radius 3 is 2.95 bits per heavy atom. The SMILES string of the molecule is COCCCOCCC1(N)COc2ccccc2C1. The maximum Gasteiger partial charge on any atom is 0.122 e. The van der Waals surface area contributed by atoms with E-state index in [4.69, 9.17) is 19.9 Å². The Kier molecular flexibility index (Phi) is 5.19. The summed E-state index contributed by atoms with van der Waals surface area (Å²) in [6.07, 6.45) is 2.59. The lowest BCUT2D eigenvalue weighted by Gasteiger charge is -2.34. The fourth-order valence-corrected chi connectivity index (χ4v) is 2.29. The molecule has 4 heteroatoms. The van der Waals surface area contributed by atoms with Gasteiger partial charge in [0.1, 0.15) is 12.4 Å². The molecule has 19 heavy (non-hydrogen) atoms. The summed E-state index contributed by atoms with van der Waals surface area (Å²) in [4.78, 5) is 0. The van der Waals surface area contributed by atoms with E-state index in [1.807, 2.05) is 18.2 Å². The number of rotatable bonds is 7. The molecule has 2 N–H and O–H groups in total. The molecule has 1 aliphatic heterocycles. The molecular formula is C15H23NO3. The van der Waals surface area contributed by atoms with Crippen molar-refractivity contribution >= 4 is 0 Å². The van der Waals surface area contributed by atoms with Gasteiger partial charge in [-0.05, 0) is 30.9 Å². The van der Waals surface area contributed by atoms with Gasteiger partial charge in [0.2, 0.25) is 0 Å². The van der Waals surface area contributed by atoms with E-state index in [0.29, 0.717) is 13.2 Å². The van der Waals surface area contributed by atoms with E-state index in [1.54, 1.807) is 7.11 Å². The number of ether oxygens (including phenoxy) is 3. The van der Waals surface area contributed by atoms with Crippen LogP contribution in [0.25, 0.3) is 0 Å². The standard InChI is InChI=1S/C15H23NO3/c1-17-8-4-9-18-10-7-15(16)11-13-5-2-3-6-14(13)19-12-15/h2-3,5-6H,4,7-12,16H2,1H3. The van der Waals surface area contributed by atoms with Gasteiger partial charge < -0.3 is 19.9 Å². The molecule has 1 unspecified atom stereocenters. The summed E-state index contributed by atoms with van der Waals surface area (Å²) >= 11 is 0. The molecule has 106 valence electrons. The first kappa shape index (κ1) is 14.3. The van der Waals surface area contributed by atoms with E-state index in [-0.39, 0.29) is 5.54 Å². The molecule has 0 saturated carbocycles. The van der Waals surface area contributed by atoms with E-state index in [2.05, 4.69) is 6.07 Å². The Hall–Kier alpha value is -1.10. The van der Waals surface area contributed by atoms with Gasteiger partial charge in [-0.15, -0.1) is 0 Å². The highest BCUT2D eigenvalue weighted by Crippen LogP contribution is 2.29. The second-order valence-corrected chi connectivity index (χ2v) is 5.14. The lowest BCUT2D eigenvalue weighted by Crippen LogP contribution is -2.50. The maximum atomic E-state index is 6.39. The van der Waals surface area contributed by atoms with Gasteiger partial charge in [-0.2, -0.15) is 0 Å². The van der Waals surface area contributed by atoms with Crippen LogP contribution in [0.15, 0.2) is 24.3 Å². The highest BCUT2D eigenvalue weighted by molar-refractivity contribution is 5.36. The van der Waals surface area contributed by atoms with Gasteiger partial charge in [0.05, 0.1) is 5.54 Å². The Morgan fingerprint density at radius 2 is 2.11 bits per heavy atom. The van der Waals surface area contributed by atoms with Gasteiger partial charge >= 0.3 is 0 Å². The lowest BCUT2D eigenvalue weighted by molar-refractivity contribution is 0.0774. The van der Waals surface area contributed by atoms with Crippen molar-refractivity contribution in [2.75, 3.05) is 33.5 Å². The van der Waals surface area contributed by atoms with Crippen LogP contribution in [-0.4, -0.2) is 39.1 Å². The molecule has 0 fully saturated rings. The number of hydrogen-bond acceptors (Lipinski definition) is 4. The maximum absolute atomic E-state index is 6.39. The second kappa shape index (κ2) is 6.89. The van der Waals surface area contributed by atoms with E-state index in [1.165, 1.54) is 5.56 Å². The van der Waals surface area contributed by atoms with Crippen LogP contribution >= 0.6 is 0 Å². The molecule has 1 aromatic carbocycles. The third-order valence-corrected chi connectivity index (χ3v) is 3.41. The molecule has 0 aromatic heterocycles. The third-order valence-electron chi connectivity index (χ3n) is 3.41. The molecule has 0 bridgehead atoms. The molecule has 0 aliphatic carbocycles. The van der Waals surface area contributed by atoms with Crippen LogP contribution in [0, 0.1) is 0 Å². The van der Waals surface area contributed by atoms with Crippen molar-refractivity contribution in [2.24, 2.45) is 5.73 Å². The Morgan fingerprint density at radius 1 is 1.26 bits per heavy atom. The monoisotopic (exact) mass is 265 g/mol. The number of para-hydroxylation sites is 1. The second-order valence-electron chi connectivity index (χ2n) is 5.14. The zero-order valence-corrected chi connectivity index (χ0v) is 11.6. The minimum Gasteiger partial charge on any atom is -0.491 e. The summed E-state index contributed by atoms with van der Waals surface area (Å²) in [5, 5.41) is 0. The average molecular weight is 265 g/mol. The summed E-state index contributed by atoms with van der Waals surface area (Å²) < 4.78 is 16.3. The van der Waals surface area contributed by atoms with Gasteiger partial charge in [0.25, 0.3) is 0 Å². The van der Waals surface area contributed by atoms with Gasteiger partial charge in [0, 0.05) is 26.9 Å². The smallest absolute Gasteiger partial charge is 0.122 e. The molecule has 2 rings (SSSR count). The first-order valence-electron chi connectivity index (χ1n) is 6.80. The van der Waals surface area contributed by atoms with Gasteiger partial charge in [-0.1, -0.05) is 18.2 Å². The van der Waals surface area contributed by atoms with E-state index in [0.717, 1.165) is 38.2 Å². The van der Waals surface area contributed by atoms with Crippen LogP contribution in [0.3, 0.4) is 0 Å². The quantitative estimate of drug-likeness (QED) is 0.763. The Labute approximate surface area is 114 Å². The zero-order valence-electron chi connectivity index (χ0n) is 11.6. The number of hydrogen-bond donors (Lipinski definition) is 1.